The van der Waals surface area contributed by atoms with Gasteiger partial charge in [-0.25, -0.2) is 4.98 Å². The van der Waals surface area contributed by atoms with Gasteiger partial charge in [0, 0.05) is 100 Å². The number of nitrogens with zero attached hydrogens (tertiary/aromatic N) is 10. The monoisotopic (exact) mass is 1430 g/mol. The molecule has 11 atom stereocenters. The number of amides is 12. The zero-order chi connectivity index (χ0) is 76.2. The topological polar surface area (TPSA) is 315 Å². The number of unbranched alkanes of at least 4 members (excludes halogenated alkanes) is 1. The van der Waals surface area contributed by atoms with E-state index < -0.39 is 156 Å². The molecule has 2 aliphatic rings. The minimum absolute atomic E-state index is 0.0149. The second-order valence-electron chi connectivity index (χ2n) is 29.4. The van der Waals surface area contributed by atoms with Crippen LogP contribution in [0.5, 0.6) is 0 Å². The van der Waals surface area contributed by atoms with Gasteiger partial charge >= 0.3 is 0 Å². The molecular weight excluding hydrogens is 1320 g/mol. The lowest BCUT2D eigenvalue weighted by atomic mass is 9.96. The van der Waals surface area contributed by atoms with E-state index >= 15 is 19.2 Å². The Balaban J connectivity index is 1.99. The lowest BCUT2D eigenvalue weighted by Crippen LogP contribution is -2.62. The van der Waals surface area contributed by atoms with E-state index in [1.807, 2.05) is 62.6 Å². The molecule has 2 saturated heterocycles. The molecule has 27 nitrogen and oxygen atoms in total. The molecule has 4 rings (SSSR count). The number of piperidine rings is 1. The lowest BCUT2D eigenvalue weighted by Gasteiger charge is -2.38. The second-order valence-corrected chi connectivity index (χ2v) is 29.8. The number of likely N-dealkylation sites (tertiary alicyclic amines) is 1. The highest BCUT2D eigenvalue weighted by molar-refractivity contribution is 6.30. The summed E-state index contributed by atoms with van der Waals surface area (Å²) in [4.78, 5) is 196. The third-order valence-electron chi connectivity index (χ3n) is 19.2. The van der Waals surface area contributed by atoms with Gasteiger partial charge in [-0.2, -0.15) is 0 Å². The summed E-state index contributed by atoms with van der Waals surface area (Å²) in [6.45, 7) is 20.6. The summed E-state index contributed by atoms with van der Waals surface area (Å²) in [5.74, 6) is -9.41. The van der Waals surface area contributed by atoms with Crippen LogP contribution in [0.15, 0.2) is 42.6 Å². The van der Waals surface area contributed by atoms with Crippen molar-refractivity contribution < 1.29 is 62.6 Å². The fourth-order valence-electron chi connectivity index (χ4n) is 12.7. The molecule has 3 heterocycles. The summed E-state index contributed by atoms with van der Waals surface area (Å²) in [6.07, 6.45) is 2.46. The number of carbonyl (C=O) groups excluding carboxylic acids is 12. The standard InChI is InChI=1S/C73H117ClN14O13/c1-21-22-31-88-42-61(91)81(15)47(10)64(92)76-55(71(99)87-32-24-23-25-33-87)40-60(90)86(20)63(46(8)9)67(95)78-53(34-43(2)3)70(98)85(19)58(36-45(6)7)72(100)84(18)57(39-50-27-26-28-52(74)37-50)65(93)77-54(38-51-29-30-59(75-41-51)80(13)14)69(97)82(16)48(11)68(96)83(17)56(35-44(4)5)66(94)79-62(49(12)89)73(88)101/h26-30,37,41,43-49,53-58,62-63,89H,21-25,31-36,38-40,42H2,1-20H3,(H,76,92)(H,77,93)(H,78,95)(H,79,94)/t47-,48-,49+,53-,54-,55-,56-,57-,58-,62-,63-/m0/s1. The van der Waals surface area contributed by atoms with Crippen molar-refractivity contribution in [2.75, 3.05) is 87.5 Å². The first-order chi connectivity index (χ1) is 47.2. The molecule has 12 amide bonds. The van der Waals surface area contributed by atoms with Crippen molar-refractivity contribution >= 4 is 88.3 Å². The van der Waals surface area contributed by atoms with Crippen molar-refractivity contribution in [1.82, 2.24) is 65.5 Å². The SMILES string of the molecule is CCCCN1CC(=O)N(C)[C@@H](C)C(=O)N[C@H](C(=O)N2CCCCC2)CC(=O)N(C)[C@@H](C(C)C)C(=O)N[C@@H](CC(C)C)C(=O)N(C)[C@@H](CC(C)C)C(=O)N(C)[C@@H](Cc2cccc(Cl)c2)C(=O)N[C@@H](Cc2ccc(N(C)C)nc2)C(=O)N(C)[C@@H](C)C(=O)N(C)[C@@H](CC(C)C)C(=O)N[C@@H]([C@@H](C)O)C1=O. The second kappa shape index (κ2) is 39.5. The highest BCUT2D eigenvalue weighted by atomic mass is 35.5. The Morgan fingerprint density at radius 2 is 1.15 bits per heavy atom. The molecule has 101 heavy (non-hydrogen) atoms. The third-order valence-corrected chi connectivity index (χ3v) is 19.4. The minimum Gasteiger partial charge on any atom is -0.391 e. The van der Waals surface area contributed by atoms with Crippen LogP contribution in [0.3, 0.4) is 0 Å². The van der Waals surface area contributed by atoms with E-state index in [4.69, 9.17) is 11.6 Å². The molecule has 564 valence electrons. The maximum Gasteiger partial charge on any atom is 0.248 e. The number of aliphatic hydroxyl groups excluding tert-OH is 1. The van der Waals surface area contributed by atoms with Crippen molar-refractivity contribution in [3.63, 3.8) is 0 Å². The van der Waals surface area contributed by atoms with Crippen molar-refractivity contribution in [2.24, 2.45) is 23.7 Å². The highest BCUT2D eigenvalue weighted by Gasteiger charge is 2.44. The summed E-state index contributed by atoms with van der Waals surface area (Å²) >= 11 is 6.55. The van der Waals surface area contributed by atoms with E-state index in [0.29, 0.717) is 60.7 Å². The molecule has 1 aromatic carbocycles. The first-order valence-electron chi connectivity index (χ1n) is 35.7. The number of hydrogen-bond donors (Lipinski definition) is 5. The maximum atomic E-state index is 15.6. The summed E-state index contributed by atoms with van der Waals surface area (Å²) in [6, 6.07) is -3.48. The van der Waals surface area contributed by atoms with Gasteiger partial charge < -0.3 is 70.5 Å². The Labute approximate surface area is 603 Å². The smallest absolute Gasteiger partial charge is 0.248 e. The summed E-state index contributed by atoms with van der Waals surface area (Å²) in [5, 5.41) is 22.9. The van der Waals surface area contributed by atoms with Crippen molar-refractivity contribution in [3.8, 4) is 0 Å². The van der Waals surface area contributed by atoms with Crippen LogP contribution in [-0.2, 0) is 70.4 Å². The van der Waals surface area contributed by atoms with Gasteiger partial charge in [-0.1, -0.05) is 98.5 Å². The number of aliphatic hydroxyl groups is 1. The lowest BCUT2D eigenvalue weighted by molar-refractivity contribution is -0.151. The number of anilines is 1. The van der Waals surface area contributed by atoms with Gasteiger partial charge in [-0.05, 0) is 119 Å². The normalized spacial score (nSPS) is 24.9. The number of nitrogens with one attached hydrogen (secondary N) is 4. The summed E-state index contributed by atoms with van der Waals surface area (Å²) in [7, 11) is 12.0. The van der Waals surface area contributed by atoms with Gasteiger partial charge in [0.15, 0.2) is 0 Å². The molecule has 28 heteroatoms. The fraction of sp³-hybridized carbons (Fsp3) is 0.685. The Morgan fingerprint density at radius 1 is 0.584 bits per heavy atom. The van der Waals surface area contributed by atoms with Gasteiger partial charge in [0.1, 0.15) is 66.2 Å². The summed E-state index contributed by atoms with van der Waals surface area (Å²) < 4.78 is 0. The van der Waals surface area contributed by atoms with E-state index in [9.17, 15) is 43.5 Å². The zero-order valence-electron chi connectivity index (χ0n) is 63.5. The van der Waals surface area contributed by atoms with Crippen LogP contribution >= 0.6 is 11.6 Å². The molecule has 0 aliphatic carbocycles. The Morgan fingerprint density at radius 3 is 1.69 bits per heavy atom. The third kappa shape index (κ3) is 24.1. The van der Waals surface area contributed by atoms with E-state index in [0.717, 1.165) is 21.1 Å². The van der Waals surface area contributed by atoms with E-state index in [1.165, 1.54) is 82.7 Å². The van der Waals surface area contributed by atoms with E-state index in [1.54, 1.807) is 66.2 Å². The maximum absolute atomic E-state index is 15.6. The zero-order valence-corrected chi connectivity index (χ0v) is 64.3. The number of aromatic nitrogens is 1. The van der Waals surface area contributed by atoms with Crippen molar-refractivity contribution in [2.45, 2.75) is 220 Å². The number of halogens is 1. The molecular formula is C73H117ClN14O13. The molecule has 0 saturated carbocycles. The average Bonchev–Trinajstić information content (AvgIpc) is 0.808. The summed E-state index contributed by atoms with van der Waals surface area (Å²) in [5.41, 5.74) is 1.05. The number of carbonyl (C=O) groups is 12. The molecule has 0 unspecified atom stereocenters. The van der Waals surface area contributed by atoms with Gasteiger partial charge in [0.05, 0.1) is 19.1 Å². The number of hydrogen-bond acceptors (Lipinski definition) is 15. The fourth-order valence-corrected chi connectivity index (χ4v) is 12.9. The van der Waals surface area contributed by atoms with Crippen LogP contribution in [-0.4, -0.2) is 269 Å². The van der Waals surface area contributed by atoms with Crippen LogP contribution in [0.25, 0.3) is 0 Å². The van der Waals surface area contributed by atoms with Gasteiger partial charge in [0.25, 0.3) is 0 Å². The number of rotatable bonds is 17. The van der Waals surface area contributed by atoms with Gasteiger partial charge in [-0.3, -0.25) is 57.5 Å². The van der Waals surface area contributed by atoms with E-state index in [-0.39, 0.29) is 56.4 Å². The van der Waals surface area contributed by atoms with Crippen LogP contribution < -0.4 is 26.2 Å². The Bertz CT molecular complexity index is 3180. The molecule has 0 spiro atoms. The molecule has 0 bridgehead atoms. The molecule has 2 fully saturated rings. The van der Waals surface area contributed by atoms with Gasteiger partial charge in [0.2, 0.25) is 70.9 Å². The number of benzene rings is 1. The first kappa shape index (κ1) is 85.5. The van der Waals surface area contributed by atoms with Crippen LogP contribution in [0.2, 0.25) is 5.02 Å². The Hall–Kier alpha value is -7.94. The average molecular weight is 1430 g/mol. The van der Waals surface area contributed by atoms with Crippen LogP contribution in [0.1, 0.15) is 152 Å². The minimum atomic E-state index is -1.66. The van der Waals surface area contributed by atoms with Crippen molar-refractivity contribution in [1.29, 1.82) is 0 Å². The molecule has 2 aliphatic heterocycles. The predicted octanol–water partition coefficient (Wildman–Crippen LogP) is 3.75. The number of likely N-dealkylation sites (N-methyl/N-ethyl adjacent to an activating group) is 6. The van der Waals surface area contributed by atoms with Crippen molar-refractivity contribution in [3.05, 3.63) is 58.7 Å². The van der Waals surface area contributed by atoms with Crippen LogP contribution in [0, 0.1) is 23.7 Å². The largest absolute Gasteiger partial charge is 0.391 e. The molecule has 0 radical (unpaired) electrons. The molecule has 5 N–H and O–H groups in total. The predicted molar refractivity (Wildman–Crippen MR) is 387 cm³/mol. The van der Waals surface area contributed by atoms with Crippen LogP contribution in [0.4, 0.5) is 5.82 Å². The molecule has 2 aromatic rings. The quantitative estimate of drug-likeness (QED) is 0.151. The number of pyridine rings is 1. The Kier molecular flexibility index (Phi) is 33.4. The molecule has 1 aromatic heterocycles. The van der Waals surface area contributed by atoms with Gasteiger partial charge in [-0.15, -0.1) is 0 Å². The highest BCUT2D eigenvalue weighted by Crippen LogP contribution is 2.24. The van der Waals surface area contributed by atoms with E-state index in [2.05, 4.69) is 26.3 Å². The first-order valence-corrected chi connectivity index (χ1v) is 36.0.